The van der Waals surface area contributed by atoms with Gasteiger partial charge in [0.05, 0.1) is 0 Å². The van der Waals surface area contributed by atoms with Crippen molar-refractivity contribution in [2.45, 2.75) is 309 Å². The van der Waals surface area contributed by atoms with Gasteiger partial charge in [0, 0.05) is 19.3 Å². The molecule has 1 atom stereocenters. The van der Waals surface area contributed by atoms with Crippen LogP contribution in [0.4, 0.5) is 0 Å². The van der Waals surface area contributed by atoms with Crippen LogP contribution in [-0.4, -0.2) is 37.2 Å². The summed E-state index contributed by atoms with van der Waals surface area (Å²) in [6.45, 7) is 6.58. The van der Waals surface area contributed by atoms with E-state index in [1.807, 2.05) is 6.08 Å². The second kappa shape index (κ2) is 57.7. The summed E-state index contributed by atoms with van der Waals surface area (Å²) < 4.78 is 16.8. The number of carbonyl (C=O) groups excluding carboxylic acids is 3. The van der Waals surface area contributed by atoms with Crippen LogP contribution >= 0.6 is 0 Å². The lowest BCUT2D eigenvalue weighted by molar-refractivity contribution is -0.166. The van der Waals surface area contributed by atoms with Gasteiger partial charge in [-0.3, -0.25) is 14.4 Å². The van der Waals surface area contributed by atoms with Crippen LogP contribution < -0.4 is 0 Å². The third kappa shape index (κ3) is 55.9. The van der Waals surface area contributed by atoms with Gasteiger partial charge < -0.3 is 14.2 Å². The molecule has 400 valence electrons. The van der Waals surface area contributed by atoms with E-state index in [0.29, 0.717) is 19.3 Å². The average molecular weight is 966 g/mol. The Labute approximate surface area is 428 Å². The number of unbranched alkanes of at least 4 members (excludes halogenated alkanes) is 33. The first-order valence-corrected chi connectivity index (χ1v) is 29.8. The molecule has 0 fully saturated rings. The van der Waals surface area contributed by atoms with Crippen LogP contribution in [0.3, 0.4) is 0 Å². The van der Waals surface area contributed by atoms with Gasteiger partial charge >= 0.3 is 17.9 Å². The van der Waals surface area contributed by atoms with Crippen LogP contribution in [0.15, 0.2) is 60.8 Å². The Kier molecular flexibility index (Phi) is 55.3. The standard InChI is InChI=1S/C63H112O6/c1-4-7-10-13-16-19-22-24-26-28-30-31-33-35-37-39-42-44-47-50-53-56-62(65)68-59-60(69-63(66)57-54-51-48-45-40-21-18-15-12-9-6-3)58-67-61(64)55-52-49-46-43-41-38-36-34-32-29-27-25-23-20-17-14-11-8-5-2/h17,20,25,27,32,34,38,41,46,49,60H,4-16,18-19,21-24,26,28-31,33,35-37,39-40,42-45,47-48,50-59H2,1-3H3/b20-17-,27-25-,34-32-,41-38-,49-46-/t60-/m1/s1. The third-order valence-electron chi connectivity index (χ3n) is 13.0. The molecule has 0 heterocycles. The normalized spacial score (nSPS) is 12.4. The smallest absolute Gasteiger partial charge is 0.306 e. The van der Waals surface area contributed by atoms with Gasteiger partial charge in [0.2, 0.25) is 0 Å². The molecule has 0 saturated heterocycles. The van der Waals surface area contributed by atoms with Crippen molar-refractivity contribution in [2.24, 2.45) is 0 Å². The Hall–Kier alpha value is -2.89. The average Bonchev–Trinajstić information content (AvgIpc) is 3.35. The zero-order valence-corrected chi connectivity index (χ0v) is 45.8. The number of hydrogen-bond acceptors (Lipinski definition) is 6. The molecule has 0 saturated carbocycles. The van der Waals surface area contributed by atoms with Gasteiger partial charge in [-0.2, -0.15) is 0 Å². The number of ether oxygens (including phenoxy) is 3. The molecule has 0 aliphatic heterocycles. The molecule has 6 nitrogen and oxygen atoms in total. The Bertz CT molecular complexity index is 1250. The minimum Gasteiger partial charge on any atom is -0.462 e. The zero-order valence-electron chi connectivity index (χ0n) is 45.8. The summed E-state index contributed by atoms with van der Waals surface area (Å²) in [5.74, 6) is -0.966. The predicted molar refractivity (Wildman–Crippen MR) is 298 cm³/mol. The van der Waals surface area contributed by atoms with Crippen LogP contribution in [0, 0.1) is 0 Å². The summed E-state index contributed by atoms with van der Waals surface area (Å²) in [6, 6.07) is 0. The van der Waals surface area contributed by atoms with Crippen molar-refractivity contribution in [3.63, 3.8) is 0 Å². The SMILES string of the molecule is CCCCC/C=C\C/C=C\C/C=C\C/C=C\C/C=C\CCC(=O)OC[C@H](COC(=O)CCCCCCCCCCCCCCCCCCCCCCC)OC(=O)CCCCCCCCCCCCC. The first-order valence-electron chi connectivity index (χ1n) is 29.8. The van der Waals surface area contributed by atoms with E-state index in [1.165, 1.54) is 193 Å². The van der Waals surface area contributed by atoms with E-state index < -0.39 is 6.10 Å². The first kappa shape index (κ1) is 66.1. The van der Waals surface area contributed by atoms with Crippen LogP contribution in [0.1, 0.15) is 303 Å². The fraction of sp³-hybridized carbons (Fsp3) is 0.794. The zero-order chi connectivity index (χ0) is 50.0. The van der Waals surface area contributed by atoms with Gasteiger partial charge in [0.25, 0.3) is 0 Å². The van der Waals surface area contributed by atoms with E-state index in [1.54, 1.807) is 0 Å². The maximum atomic E-state index is 12.8. The quantitative estimate of drug-likeness (QED) is 0.0262. The highest BCUT2D eigenvalue weighted by Crippen LogP contribution is 2.17. The Morgan fingerprint density at radius 1 is 0.290 bits per heavy atom. The van der Waals surface area contributed by atoms with Crippen LogP contribution in [-0.2, 0) is 28.6 Å². The summed E-state index contributed by atoms with van der Waals surface area (Å²) in [4.78, 5) is 38.1. The fourth-order valence-corrected chi connectivity index (χ4v) is 8.55. The highest BCUT2D eigenvalue weighted by Gasteiger charge is 2.19. The molecule has 0 aliphatic carbocycles. The molecule has 0 aliphatic rings. The summed E-state index contributed by atoms with van der Waals surface area (Å²) in [5.41, 5.74) is 0. The molecule has 0 aromatic heterocycles. The van der Waals surface area contributed by atoms with Crippen molar-refractivity contribution in [3.05, 3.63) is 60.8 Å². The second-order valence-electron chi connectivity index (χ2n) is 19.9. The van der Waals surface area contributed by atoms with Crippen LogP contribution in [0.25, 0.3) is 0 Å². The van der Waals surface area contributed by atoms with E-state index >= 15 is 0 Å². The molecule has 0 aromatic carbocycles. The van der Waals surface area contributed by atoms with Crippen molar-refractivity contribution >= 4 is 17.9 Å². The molecule has 0 radical (unpaired) electrons. The molecule has 0 rings (SSSR count). The fourth-order valence-electron chi connectivity index (χ4n) is 8.55. The maximum absolute atomic E-state index is 12.8. The number of carbonyl (C=O) groups is 3. The monoisotopic (exact) mass is 965 g/mol. The summed E-state index contributed by atoms with van der Waals surface area (Å²) >= 11 is 0. The lowest BCUT2D eigenvalue weighted by atomic mass is 10.0. The Balaban J connectivity index is 4.35. The molecule has 0 N–H and O–H groups in total. The van der Waals surface area contributed by atoms with E-state index in [-0.39, 0.29) is 37.5 Å². The molecule has 69 heavy (non-hydrogen) atoms. The lowest BCUT2D eigenvalue weighted by Gasteiger charge is -2.18. The van der Waals surface area contributed by atoms with Gasteiger partial charge in [0.1, 0.15) is 13.2 Å². The van der Waals surface area contributed by atoms with Gasteiger partial charge in [0.15, 0.2) is 6.10 Å². The van der Waals surface area contributed by atoms with Gasteiger partial charge in [-0.1, -0.05) is 287 Å². The van der Waals surface area contributed by atoms with Crippen molar-refractivity contribution in [3.8, 4) is 0 Å². The minimum absolute atomic E-state index is 0.0929. The van der Waals surface area contributed by atoms with E-state index in [4.69, 9.17) is 14.2 Å². The van der Waals surface area contributed by atoms with Crippen molar-refractivity contribution in [1.82, 2.24) is 0 Å². The molecular weight excluding hydrogens is 853 g/mol. The molecule has 0 amide bonds. The summed E-state index contributed by atoms with van der Waals surface area (Å²) in [7, 11) is 0. The number of allylic oxidation sites excluding steroid dienone is 10. The lowest BCUT2D eigenvalue weighted by Crippen LogP contribution is -2.30. The Morgan fingerprint density at radius 3 is 0.899 bits per heavy atom. The van der Waals surface area contributed by atoms with Crippen molar-refractivity contribution in [2.75, 3.05) is 13.2 Å². The second-order valence-corrected chi connectivity index (χ2v) is 19.9. The number of esters is 3. The molecule has 0 spiro atoms. The molecule has 0 unspecified atom stereocenters. The molecule has 6 heteroatoms. The van der Waals surface area contributed by atoms with Crippen LogP contribution in [0.2, 0.25) is 0 Å². The van der Waals surface area contributed by atoms with Crippen LogP contribution in [0.5, 0.6) is 0 Å². The molecule has 0 bridgehead atoms. The minimum atomic E-state index is -0.800. The maximum Gasteiger partial charge on any atom is 0.306 e. The number of hydrogen-bond donors (Lipinski definition) is 0. The van der Waals surface area contributed by atoms with Gasteiger partial charge in [-0.25, -0.2) is 0 Å². The summed E-state index contributed by atoms with van der Waals surface area (Å²) in [6.07, 6.45) is 72.3. The number of rotatable bonds is 54. The summed E-state index contributed by atoms with van der Waals surface area (Å²) in [5, 5.41) is 0. The van der Waals surface area contributed by atoms with Gasteiger partial charge in [-0.15, -0.1) is 0 Å². The largest absolute Gasteiger partial charge is 0.462 e. The van der Waals surface area contributed by atoms with Crippen molar-refractivity contribution < 1.29 is 28.6 Å². The Morgan fingerprint density at radius 2 is 0.551 bits per heavy atom. The third-order valence-corrected chi connectivity index (χ3v) is 13.0. The highest BCUT2D eigenvalue weighted by molar-refractivity contribution is 5.71. The first-order chi connectivity index (χ1) is 34.0. The van der Waals surface area contributed by atoms with E-state index in [9.17, 15) is 14.4 Å². The van der Waals surface area contributed by atoms with E-state index in [0.717, 1.165) is 64.2 Å². The predicted octanol–water partition coefficient (Wildman–Crippen LogP) is 20.0. The topological polar surface area (TPSA) is 78.9 Å². The van der Waals surface area contributed by atoms with Gasteiger partial charge in [-0.05, 0) is 57.8 Å². The highest BCUT2D eigenvalue weighted by atomic mass is 16.6. The van der Waals surface area contributed by atoms with E-state index in [2.05, 4.69) is 75.5 Å². The molecule has 0 aromatic rings. The molecular formula is C63H112O6. The van der Waals surface area contributed by atoms with Crippen molar-refractivity contribution in [1.29, 1.82) is 0 Å².